The number of nitrogens with one attached hydrogen (secondary N) is 1. The van der Waals surface area contributed by atoms with Gasteiger partial charge in [-0.15, -0.1) is 0 Å². The highest BCUT2D eigenvalue weighted by molar-refractivity contribution is 6.12. The Balaban J connectivity index is 1.42. The van der Waals surface area contributed by atoms with E-state index in [1.807, 2.05) is 30.3 Å². The molecule has 2 aromatic carbocycles. The van der Waals surface area contributed by atoms with E-state index in [1.54, 1.807) is 43.3 Å². The number of amides is 4. The van der Waals surface area contributed by atoms with Gasteiger partial charge in [-0.25, -0.2) is 0 Å². The van der Waals surface area contributed by atoms with Crippen molar-refractivity contribution in [1.29, 1.82) is 0 Å². The number of rotatable bonds is 6. The van der Waals surface area contributed by atoms with Crippen LogP contribution in [0.2, 0.25) is 0 Å². The van der Waals surface area contributed by atoms with E-state index in [1.165, 1.54) is 9.80 Å². The Morgan fingerprint density at radius 3 is 2.33 bits per heavy atom. The third kappa shape index (κ3) is 5.26. The van der Waals surface area contributed by atoms with E-state index < -0.39 is 23.5 Å². The molecular weight excluding hydrogens is 460 g/mol. The Bertz CT molecular complexity index is 1140. The second-order valence-electron chi connectivity index (χ2n) is 9.57. The van der Waals surface area contributed by atoms with Crippen molar-refractivity contribution in [3.8, 4) is 0 Å². The highest BCUT2D eigenvalue weighted by atomic mass is 16.3. The Morgan fingerprint density at radius 1 is 1.03 bits per heavy atom. The summed E-state index contributed by atoms with van der Waals surface area (Å²) in [6, 6.07) is 15.2. The monoisotopic (exact) mass is 492 g/mol. The van der Waals surface area contributed by atoms with E-state index in [2.05, 4.69) is 5.32 Å². The van der Waals surface area contributed by atoms with Gasteiger partial charge in [0.15, 0.2) is 0 Å². The molecule has 1 atom stereocenters. The van der Waals surface area contributed by atoms with E-state index in [-0.39, 0.29) is 31.2 Å². The summed E-state index contributed by atoms with van der Waals surface area (Å²) in [6.45, 7) is 0.612. The molecule has 4 rings (SSSR count). The number of carbonyl (C=O) groups is 4. The minimum Gasteiger partial charge on any atom is -0.385 e. The Kier molecular flexibility index (Phi) is 7.40. The first kappa shape index (κ1) is 25.4. The predicted octanol–water partition coefficient (Wildman–Crippen LogP) is 1.51. The number of aliphatic hydroxyl groups is 1. The molecule has 0 spiro atoms. The van der Waals surface area contributed by atoms with Gasteiger partial charge in [0.1, 0.15) is 12.6 Å². The van der Waals surface area contributed by atoms with Crippen LogP contribution in [0.5, 0.6) is 0 Å². The molecule has 2 aromatic rings. The van der Waals surface area contributed by atoms with Crippen molar-refractivity contribution in [3.63, 3.8) is 0 Å². The van der Waals surface area contributed by atoms with Gasteiger partial charge in [-0.1, -0.05) is 42.5 Å². The van der Waals surface area contributed by atoms with Crippen molar-refractivity contribution in [2.75, 3.05) is 38.6 Å². The van der Waals surface area contributed by atoms with Crippen LogP contribution in [0.1, 0.15) is 41.6 Å². The van der Waals surface area contributed by atoms with Gasteiger partial charge in [-0.05, 0) is 37.0 Å². The SMILES string of the molecule is CN(C)C(=O)CN1C(=O)C(CCC(=O)N2CCC(O)(c3ccccc3)CC2)NC(=O)c2ccccc21. The van der Waals surface area contributed by atoms with Crippen LogP contribution in [0.4, 0.5) is 5.69 Å². The van der Waals surface area contributed by atoms with Crippen LogP contribution in [-0.4, -0.2) is 78.3 Å². The number of anilines is 1. The molecule has 1 unspecified atom stereocenters. The van der Waals surface area contributed by atoms with E-state index in [9.17, 15) is 24.3 Å². The fourth-order valence-corrected chi connectivity index (χ4v) is 4.73. The summed E-state index contributed by atoms with van der Waals surface area (Å²) in [5.41, 5.74) is 0.563. The van der Waals surface area contributed by atoms with E-state index in [4.69, 9.17) is 0 Å². The van der Waals surface area contributed by atoms with Crippen molar-refractivity contribution in [2.45, 2.75) is 37.3 Å². The van der Waals surface area contributed by atoms with Gasteiger partial charge in [0, 0.05) is 33.6 Å². The molecule has 2 aliphatic heterocycles. The maximum atomic E-state index is 13.4. The molecule has 0 aromatic heterocycles. The number of benzene rings is 2. The lowest BCUT2D eigenvalue weighted by Gasteiger charge is -2.38. The topological polar surface area (TPSA) is 110 Å². The first-order valence-electron chi connectivity index (χ1n) is 12.2. The zero-order valence-corrected chi connectivity index (χ0v) is 20.6. The highest BCUT2D eigenvalue weighted by Gasteiger charge is 2.37. The van der Waals surface area contributed by atoms with Crippen LogP contribution >= 0.6 is 0 Å². The third-order valence-corrected chi connectivity index (χ3v) is 7.00. The maximum Gasteiger partial charge on any atom is 0.254 e. The summed E-state index contributed by atoms with van der Waals surface area (Å²) < 4.78 is 0. The van der Waals surface area contributed by atoms with Gasteiger partial charge in [-0.3, -0.25) is 19.2 Å². The normalized spacial score (nSPS) is 19.2. The van der Waals surface area contributed by atoms with Crippen LogP contribution in [-0.2, 0) is 20.0 Å². The van der Waals surface area contributed by atoms with Crippen molar-refractivity contribution in [3.05, 3.63) is 65.7 Å². The first-order valence-corrected chi connectivity index (χ1v) is 12.2. The Morgan fingerprint density at radius 2 is 1.67 bits per heavy atom. The van der Waals surface area contributed by atoms with E-state index in [0.717, 1.165) is 5.56 Å². The molecule has 190 valence electrons. The fraction of sp³-hybridized carbons (Fsp3) is 0.407. The number of likely N-dealkylation sites (N-methyl/N-ethyl adjacent to an activating group) is 1. The van der Waals surface area contributed by atoms with Crippen molar-refractivity contribution >= 4 is 29.3 Å². The summed E-state index contributed by atoms with van der Waals surface area (Å²) in [5, 5.41) is 13.8. The summed E-state index contributed by atoms with van der Waals surface area (Å²) in [4.78, 5) is 56.1. The molecule has 2 N–H and O–H groups in total. The van der Waals surface area contributed by atoms with Gasteiger partial charge < -0.3 is 25.1 Å². The number of carbonyl (C=O) groups excluding carboxylic acids is 4. The third-order valence-electron chi connectivity index (χ3n) is 7.00. The molecule has 1 saturated heterocycles. The first-order chi connectivity index (χ1) is 17.2. The largest absolute Gasteiger partial charge is 0.385 e. The average molecular weight is 493 g/mol. The Hall–Kier alpha value is -3.72. The predicted molar refractivity (Wildman–Crippen MR) is 134 cm³/mol. The minimum atomic E-state index is -0.964. The number of hydrogen-bond acceptors (Lipinski definition) is 5. The van der Waals surface area contributed by atoms with Crippen molar-refractivity contribution in [1.82, 2.24) is 15.1 Å². The Labute approximate surface area is 210 Å². The maximum absolute atomic E-state index is 13.4. The number of likely N-dealkylation sites (tertiary alicyclic amines) is 1. The molecule has 9 heteroatoms. The minimum absolute atomic E-state index is 0.0618. The molecule has 2 aliphatic rings. The van der Waals surface area contributed by atoms with Crippen LogP contribution in [0.15, 0.2) is 54.6 Å². The number of para-hydroxylation sites is 1. The van der Waals surface area contributed by atoms with Gasteiger partial charge in [0.2, 0.25) is 17.7 Å². The van der Waals surface area contributed by atoms with Crippen LogP contribution in [0.25, 0.3) is 0 Å². The summed E-state index contributed by atoms with van der Waals surface area (Å²) in [5.74, 6) is -1.25. The average Bonchev–Trinajstić information content (AvgIpc) is 2.98. The summed E-state index contributed by atoms with van der Waals surface area (Å²) in [6.07, 6.45) is 1.03. The zero-order valence-electron chi connectivity index (χ0n) is 20.6. The zero-order chi connectivity index (χ0) is 25.9. The fourth-order valence-electron chi connectivity index (χ4n) is 4.73. The number of nitrogens with zero attached hydrogens (tertiary/aromatic N) is 3. The lowest BCUT2D eigenvalue weighted by molar-refractivity contribution is -0.136. The molecule has 0 aliphatic carbocycles. The molecule has 0 bridgehead atoms. The van der Waals surface area contributed by atoms with E-state index in [0.29, 0.717) is 37.2 Å². The highest BCUT2D eigenvalue weighted by Crippen LogP contribution is 2.33. The molecule has 0 saturated carbocycles. The molecule has 4 amide bonds. The lowest BCUT2D eigenvalue weighted by atomic mass is 9.84. The number of piperidine rings is 1. The van der Waals surface area contributed by atoms with Crippen LogP contribution in [0.3, 0.4) is 0 Å². The molecule has 36 heavy (non-hydrogen) atoms. The van der Waals surface area contributed by atoms with Gasteiger partial charge in [0.05, 0.1) is 16.9 Å². The van der Waals surface area contributed by atoms with Crippen LogP contribution < -0.4 is 10.2 Å². The smallest absolute Gasteiger partial charge is 0.254 e. The van der Waals surface area contributed by atoms with Crippen LogP contribution in [0, 0.1) is 0 Å². The molecule has 9 nitrogen and oxygen atoms in total. The van der Waals surface area contributed by atoms with E-state index >= 15 is 0 Å². The van der Waals surface area contributed by atoms with Gasteiger partial charge >= 0.3 is 0 Å². The molecule has 2 heterocycles. The quantitative estimate of drug-likeness (QED) is 0.635. The second kappa shape index (κ2) is 10.5. The molecular formula is C27H32N4O5. The van der Waals surface area contributed by atoms with Gasteiger partial charge in [0.25, 0.3) is 5.91 Å². The molecule has 1 fully saturated rings. The summed E-state index contributed by atoms with van der Waals surface area (Å²) in [7, 11) is 3.21. The van der Waals surface area contributed by atoms with Crippen molar-refractivity contribution < 1.29 is 24.3 Å². The number of hydrogen-bond donors (Lipinski definition) is 2. The number of fused-ring (bicyclic) bond motifs is 1. The lowest BCUT2D eigenvalue weighted by Crippen LogP contribution is -2.49. The molecule has 0 radical (unpaired) electrons. The summed E-state index contributed by atoms with van der Waals surface area (Å²) >= 11 is 0. The van der Waals surface area contributed by atoms with Gasteiger partial charge in [-0.2, -0.15) is 0 Å². The van der Waals surface area contributed by atoms with Crippen molar-refractivity contribution in [2.24, 2.45) is 0 Å². The second-order valence-corrected chi connectivity index (χ2v) is 9.57. The standard InChI is InChI=1S/C27H32N4O5/c1-29(2)24(33)18-31-22-11-7-6-10-20(22)25(34)28-21(26(31)35)12-13-23(32)30-16-14-27(36,15-17-30)19-8-4-3-5-9-19/h3-11,21,36H,12-18H2,1-2H3,(H,28,34).